The molecule has 0 bridgehead atoms. The van der Waals surface area contributed by atoms with Crippen LogP contribution in [0.15, 0.2) is 28.7 Å². The van der Waals surface area contributed by atoms with E-state index in [1.807, 2.05) is 24.8 Å². The Bertz CT molecular complexity index is 770. The largest absolute Gasteiger partial charge is 0.358 e. The number of H-pyrrole nitrogens is 1. The number of fused-ring (bicyclic) bond motifs is 1. The standard InChI is InChI=1S/C15H17BrN4/c1-9-13(10-6-4-5-7-11(10)18-9)15-14(16)12(8-17-2)19-20(15)3/h4-7,17-18H,8H2,1-3H3. The van der Waals surface area contributed by atoms with Crippen LogP contribution in [0.3, 0.4) is 0 Å². The highest BCUT2D eigenvalue weighted by Gasteiger charge is 2.20. The van der Waals surface area contributed by atoms with Crippen molar-refractivity contribution < 1.29 is 0 Å². The van der Waals surface area contributed by atoms with Gasteiger partial charge in [-0.15, -0.1) is 0 Å². The number of aryl methyl sites for hydroxylation is 2. The maximum absolute atomic E-state index is 4.60. The Hall–Kier alpha value is -1.59. The quantitative estimate of drug-likeness (QED) is 0.772. The molecule has 3 rings (SSSR count). The summed E-state index contributed by atoms with van der Waals surface area (Å²) in [4.78, 5) is 3.44. The van der Waals surface area contributed by atoms with Crippen molar-refractivity contribution in [2.24, 2.45) is 7.05 Å². The molecule has 2 aromatic heterocycles. The first-order valence-corrected chi connectivity index (χ1v) is 7.36. The van der Waals surface area contributed by atoms with Gasteiger partial charge >= 0.3 is 0 Å². The molecule has 0 saturated carbocycles. The minimum absolute atomic E-state index is 0.746. The molecular weight excluding hydrogens is 316 g/mol. The predicted molar refractivity (Wildman–Crippen MR) is 85.7 cm³/mol. The second-order valence-electron chi connectivity index (χ2n) is 4.93. The number of aromatic nitrogens is 3. The van der Waals surface area contributed by atoms with Gasteiger partial charge < -0.3 is 10.3 Å². The molecule has 104 valence electrons. The lowest BCUT2D eigenvalue weighted by atomic mass is 10.1. The van der Waals surface area contributed by atoms with Crippen molar-refractivity contribution >= 4 is 26.8 Å². The fourth-order valence-electron chi connectivity index (χ4n) is 2.69. The predicted octanol–water partition coefficient (Wildman–Crippen LogP) is 3.36. The summed E-state index contributed by atoms with van der Waals surface area (Å²) < 4.78 is 3.00. The van der Waals surface area contributed by atoms with Gasteiger partial charge in [0.1, 0.15) is 0 Å². The normalized spacial score (nSPS) is 11.4. The van der Waals surface area contributed by atoms with E-state index in [0.717, 1.165) is 33.6 Å². The number of rotatable bonds is 3. The van der Waals surface area contributed by atoms with Crippen molar-refractivity contribution in [3.8, 4) is 11.3 Å². The van der Waals surface area contributed by atoms with Gasteiger partial charge in [0.05, 0.1) is 15.9 Å². The first-order chi connectivity index (χ1) is 9.63. The van der Waals surface area contributed by atoms with E-state index in [4.69, 9.17) is 0 Å². The molecule has 1 aromatic carbocycles. The average molecular weight is 333 g/mol. The Kier molecular flexibility index (Phi) is 3.40. The molecule has 0 radical (unpaired) electrons. The monoisotopic (exact) mass is 332 g/mol. The van der Waals surface area contributed by atoms with Crippen LogP contribution in [-0.2, 0) is 13.6 Å². The number of aromatic amines is 1. The smallest absolute Gasteiger partial charge is 0.0910 e. The average Bonchev–Trinajstić information content (AvgIpc) is 2.88. The third-order valence-corrected chi connectivity index (χ3v) is 4.36. The Morgan fingerprint density at radius 2 is 2.10 bits per heavy atom. The molecule has 0 amide bonds. The topological polar surface area (TPSA) is 45.6 Å². The highest BCUT2D eigenvalue weighted by Crippen LogP contribution is 2.37. The third-order valence-electron chi connectivity index (χ3n) is 3.53. The minimum atomic E-state index is 0.746. The molecule has 3 aromatic rings. The zero-order valence-electron chi connectivity index (χ0n) is 11.8. The first kappa shape index (κ1) is 13.4. The minimum Gasteiger partial charge on any atom is -0.358 e. The second-order valence-corrected chi connectivity index (χ2v) is 5.73. The molecule has 4 nitrogen and oxygen atoms in total. The number of hydrogen-bond donors (Lipinski definition) is 2. The van der Waals surface area contributed by atoms with Crippen LogP contribution in [0.1, 0.15) is 11.4 Å². The van der Waals surface area contributed by atoms with Gasteiger partial charge in [-0.25, -0.2) is 0 Å². The van der Waals surface area contributed by atoms with E-state index < -0.39 is 0 Å². The van der Waals surface area contributed by atoms with E-state index >= 15 is 0 Å². The number of halogens is 1. The van der Waals surface area contributed by atoms with Crippen LogP contribution in [0.4, 0.5) is 0 Å². The fraction of sp³-hybridized carbons (Fsp3) is 0.267. The lowest BCUT2D eigenvalue weighted by Crippen LogP contribution is -2.06. The Morgan fingerprint density at radius 3 is 2.85 bits per heavy atom. The van der Waals surface area contributed by atoms with Crippen molar-refractivity contribution in [1.29, 1.82) is 0 Å². The van der Waals surface area contributed by atoms with Gasteiger partial charge in [0.2, 0.25) is 0 Å². The van der Waals surface area contributed by atoms with Crippen LogP contribution >= 0.6 is 15.9 Å². The summed E-state index contributed by atoms with van der Waals surface area (Å²) in [7, 11) is 3.91. The SMILES string of the molecule is CNCc1nn(C)c(-c2c(C)[nH]c3ccccc23)c1Br. The van der Waals surface area contributed by atoms with Gasteiger partial charge in [-0.2, -0.15) is 5.10 Å². The lowest BCUT2D eigenvalue weighted by molar-refractivity contribution is 0.715. The van der Waals surface area contributed by atoms with Crippen molar-refractivity contribution in [1.82, 2.24) is 20.1 Å². The number of nitrogens with one attached hydrogen (secondary N) is 2. The number of para-hydroxylation sites is 1. The van der Waals surface area contributed by atoms with Crippen molar-refractivity contribution in [3.05, 3.63) is 40.1 Å². The van der Waals surface area contributed by atoms with Gasteiger partial charge in [-0.1, -0.05) is 18.2 Å². The highest BCUT2D eigenvalue weighted by atomic mass is 79.9. The molecule has 0 aliphatic rings. The van der Waals surface area contributed by atoms with E-state index in [1.54, 1.807) is 0 Å². The molecule has 0 saturated heterocycles. The summed E-state index contributed by atoms with van der Waals surface area (Å²) >= 11 is 3.71. The Morgan fingerprint density at radius 1 is 1.35 bits per heavy atom. The van der Waals surface area contributed by atoms with Crippen molar-refractivity contribution in [2.75, 3.05) is 7.05 Å². The maximum Gasteiger partial charge on any atom is 0.0910 e. The number of hydrogen-bond acceptors (Lipinski definition) is 2. The van der Waals surface area contributed by atoms with E-state index in [0.29, 0.717) is 0 Å². The van der Waals surface area contributed by atoms with E-state index in [9.17, 15) is 0 Å². The van der Waals surface area contributed by atoms with Crippen LogP contribution in [0.5, 0.6) is 0 Å². The summed E-state index contributed by atoms with van der Waals surface area (Å²) in [6.07, 6.45) is 0. The Balaban J connectivity index is 2.28. The molecule has 5 heteroatoms. The van der Waals surface area contributed by atoms with Gasteiger partial charge in [0, 0.05) is 35.8 Å². The zero-order chi connectivity index (χ0) is 14.3. The molecule has 0 aliphatic carbocycles. The third kappa shape index (κ3) is 1.98. The summed E-state index contributed by atoms with van der Waals surface area (Å²) in [5.74, 6) is 0. The molecule has 0 fully saturated rings. The molecule has 0 unspecified atom stereocenters. The van der Waals surface area contributed by atoms with Gasteiger partial charge in [-0.3, -0.25) is 4.68 Å². The van der Waals surface area contributed by atoms with E-state index in [1.165, 1.54) is 10.9 Å². The molecule has 20 heavy (non-hydrogen) atoms. The molecule has 0 spiro atoms. The molecule has 2 heterocycles. The fourth-order valence-corrected chi connectivity index (χ4v) is 3.36. The summed E-state index contributed by atoms with van der Waals surface area (Å²) in [5.41, 5.74) is 5.67. The van der Waals surface area contributed by atoms with Crippen LogP contribution in [0.2, 0.25) is 0 Å². The second kappa shape index (κ2) is 5.07. The van der Waals surface area contributed by atoms with Gasteiger partial charge in [0.15, 0.2) is 0 Å². The van der Waals surface area contributed by atoms with Crippen LogP contribution < -0.4 is 5.32 Å². The summed E-state index contributed by atoms with van der Waals surface area (Å²) in [6, 6.07) is 8.36. The molecule has 0 aliphatic heterocycles. The molecular formula is C15H17BrN4. The van der Waals surface area contributed by atoms with Gasteiger partial charge in [-0.05, 0) is 36.0 Å². The van der Waals surface area contributed by atoms with E-state index in [2.05, 4.69) is 56.5 Å². The van der Waals surface area contributed by atoms with Crippen LogP contribution in [0, 0.1) is 6.92 Å². The van der Waals surface area contributed by atoms with Crippen molar-refractivity contribution in [3.63, 3.8) is 0 Å². The van der Waals surface area contributed by atoms with Crippen LogP contribution in [-0.4, -0.2) is 21.8 Å². The Labute approximate surface area is 126 Å². The lowest BCUT2D eigenvalue weighted by Gasteiger charge is -2.03. The maximum atomic E-state index is 4.60. The number of benzene rings is 1. The van der Waals surface area contributed by atoms with Crippen LogP contribution in [0.25, 0.3) is 22.2 Å². The summed E-state index contributed by atoms with van der Waals surface area (Å²) in [5, 5.41) is 8.97. The van der Waals surface area contributed by atoms with Crippen molar-refractivity contribution in [2.45, 2.75) is 13.5 Å². The van der Waals surface area contributed by atoms with E-state index in [-0.39, 0.29) is 0 Å². The summed E-state index contributed by atoms with van der Waals surface area (Å²) in [6.45, 7) is 2.85. The molecule has 2 N–H and O–H groups in total. The first-order valence-electron chi connectivity index (χ1n) is 6.57. The number of nitrogens with zero attached hydrogens (tertiary/aromatic N) is 2. The highest BCUT2D eigenvalue weighted by molar-refractivity contribution is 9.10. The zero-order valence-corrected chi connectivity index (χ0v) is 13.4. The van der Waals surface area contributed by atoms with Gasteiger partial charge in [0.25, 0.3) is 0 Å². The molecule has 0 atom stereocenters.